The Balaban J connectivity index is 2.49. The van der Waals surface area contributed by atoms with Crippen LogP contribution in [-0.2, 0) is 4.74 Å². The number of thiazole rings is 1. The van der Waals surface area contributed by atoms with Gasteiger partial charge in [-0.05, 0) is 41.1 Å². The van der Waals surface area contributed by atoms with Crippen LogP contribution in [0.3, 0.4) is 0 Å². The molecule has 0 fully saturated rings. The van der Waals surface area contributed by atoms with Crippen molar-refractivity contribution in [2.45, 2.75) is 6.92 Å². The highest BCUT2D eigenvalue weighted by Gasteiger charge is 2.17. The highest BCUT2D eigenvalue weighted by Crippen LogP contribution is 2.33. The van der Waals surface area contributed by atoms with E-state index in [0.717, 1.165) is 5.56 Å². The number of aryl methyl sites for hydroxylation is 1. The van der Waals surface area contributed by atoms with Gasteiger partial charge in [-0.15, -0.1) is 11.3 Å². The van der Waals surface area contributed by atoms with Crippen LogP contribution in [0.1, 0.15) is 15.4 Å². The Morgan fingerprint density at radius 3 is 2.83 bits per heavy atom. The van der Waals surface area contributed by atoms with Crippen LogP contribution in [0.25, 0.3) is 10.6 Å². The van der Waals surface area contributed by atoms with Crippen molar-refractivity contribution >= 4 is 33.2 Å². The predicted octanol–water partition coefficient (Wildman–Crippen LogP) is 3.81. The fraction of sp³-hybridized carbons (Fsp3) is 0.167. The Kier molecular flexibility index (Phi) is 3.77. The average Bonchev–Trinajstić information content (AvgIpc) is 2.70. The second-order valence-corrected chi connectivity index (χ2v) is 5.40. The molecule has 1 aromatic carbocycles. The number of methoxy groups -OCH3 is 1. The van der Waals surface area contributed by atoms with Crippen LogP contribution in [0.5, 0.6) is 0 Å². The monoisotopic (exact) mass is 329 g/mol. The minimum Gasteiger partial charge on any atom is -0.465 e. The Labute approximate surface area is 116 Å². The quantitative estimate of drug-likeness (QED) is 0.786. The Bertz CT molecular complexity index is 612. The van der Waals surface area contributed by atoms with Crippen molar-refractivity contribution in [1.29, 1.82) is 0 Å². The van der Waals surface area contributed by atoms with Gasteiger partial charge < -0.3 is 4.74 Å². The minimum absolute atomic E-state index is 0.327. The molecular weight excluding hydrogens is 321 g/mol. The van der Waals surface area contributed by atoms with Crippen molar-refractivity contribution in [3.05, 3.63) is 39.1 Å². The second kappa shape index (κ2) is 5.16. The van der Waals surface area contributed by atoms with Gasteiger partial charge in [-0.1, -0.05) is 0 Å². The highest BCUT2D eigenvalue weighted by molar-refractivity contribution is 9.10. The van der Waals surface area contributed by atoms with Crippen molar-refractivity contribution in [1.82, 2.24) is 4.98 Å². The number of benzene rings is 1. The standard InChI is InChI=1S/C12H9BrFNO2S/c1-6-10(12(16)17-2)18-11(15-6)8-4-3-7(14)5-9(8)13/h3-5H,1-2H3. The molecule has 0 atom stereocenters. The second-order valence-electron chi connectivity index (χ2n) is 3.55. The van der Waals surface area contributed by atoms with E-state index in [-0.39, 0.29) is 5.82 Å². The lowest BCUT2D eigenvalue weighted by Crippen LogP contribution is -1.99. The highest BCUT2D eigenvalue weighted by atomic mass is 79.9. The summed E-state index contributed by atoms with van der Waals surface area (Å²) in [7, 11) is 1.33. The summed E-state index contributed by atoms with van der Waals surface area (Å²) in [6.07, 6.45) is 0. The van der Waals surface area contributed by atoms with Gasteiger partial charge in [0, 0.05) is 10.0 Å². The summed E-state index contributed by atoms with van der Waals surface area (Å²) in [5.74, 6) is -0.735. The molecule has 0 unspecified atom stereocenters. The zero-order chi connectivity index (χ0) is 13.3. The van der Waals surface area contributed by atoms with E-state index >= 15 is 0 Å². The number of carbonyl (C=O) groups is 1. The third-order valence-electron chi connectivity index (χ3n) is 2.33. The number of rotatable bonds is 2. The van der Waals surface area contributed by atoms with Crippen LogP contribution < -0.4 is 0 Å². The van der Waals surface area contributed by atoms with Gasteiger partial charge in [0.25, 0.3) is 0 Å². The van der Waals surface area contributed by atoms with E-state index in [2.05, 4.69) is 25.7 Å². The van der Waals surface area contributed by atoms with E-state index in [4.69, 9.17) is 0 Å². The Morgan fingerprint density at radius 2 is 2.22 bits per heavy atom. The fourth-order valence-corrected chi connectivity index (χ4v) is 3.15. The van der Waals surface area contributed by atoms with Gasteiger partial charge in [0.05, 0.1) is 12.8 Å². The topological polar surface area (TPSA) is 39.2 Å². The summed E-state index contributed by atoms with van der Waals surface area (Å²) in [5.41, 5.74) is 1.36. The molecule has 0 spiro atoms. The van der Waals surface area contributed by atoms with Gasteiger partial charge in [-0.2, -0.15) is 0 Å². The molecule has 6 heteroatoms. The van der Waals surface area contributed by atoms with Crippen molar-refractivity contribution in [2.75, 3.05) is 7.11 Å². The first-order valence-electron chi connectivity index (χ1n) is 5.04. The van der Waals surface area contributed by atoms with Crippen molar-refractivity contribution in [3.63, 3.8) is 0 Å². The Hall–Kier alpha value is -1.27. The predicted molar refractivity (Wildman–Crippen MR) is 71.3 cm³/mol. The lowest BCUT2D eigenvalue weighted by Gasteiger charge is -1.99. The largest absolute Gasteiger partial charge is 0.465 e. The summed E-state index contributed by atoms with van der Waals surface area (Å²) < 4.78 is 18.3. The summed E-state index contributed by atoms with van der Waals surface area (Å²) in [5, 5.41) is 0.653. The van der Waals surface area contributed by atoms with Crippen LogP contribution in [-0.4, -0.2) is 18.1 Å². The van der Waals surface area contributed by atoms with Crippen molar-refractivity contribution in [2.24, 2.45) is 0 Å². The molecule has 18 heavy (non-hydrogen) atoms. The summed E-state index contributed by atoms with van der Waals surface area (Å²) in [4.78, 5) is 16.3. The molecule has 0 N–H and O–H groups in total. The first-order chi connectivity index (χ1) is 8.52. The normalized spacial score (nSPS) is 10.4. The lowest BCUT2D eigenvalue weighted by atomic mass is 10.2. The molecule has 0 aliphatic heterocycles. The van der Waals surface area contributed by atoms with Gasteiger partial charge in [0.1, 0.15) is 15.7 Å². The molecular formula is C12H9BrFNO2S. The molecule has 0 saturated carbocycles. The van der Waals surface area contributed by atoms with E-state index in [1.807, 2.05) is 0 Å². The van der Waals surface area contributed by atoms with Crippen LogP contribution in [0.15, 0.2) is 22.7 Å². The molecule has 0 bridgehead atoms. The fourth-order valence-electron chi connectivity index (χ4n) is 1.46. The molecule has 1 heterocycles. The maximum absolute atomic E-state index is 13.0. The number of aromatic nitrogens is 1. The molecule has 0 radical (unpaired) electrons. The summed E-state index contributed by atoms with van der Waals surface area (Å²) in [6.45, 7) is 1.74. The van der Waals surface area contributed by atoms with E-state index < -0.39 is 5.97 Å². The van der Waals surface area contributed by atoms with E-state index in [1.54, 1.807) is 13.0 Å². The first-order valence-corrected chi connectivity index (χ1v) is 6.65. The maximum Gasteiger partial charge on any atom is 0.349 e. The lowest BCUT2D eigenvalue weighted by molar-refractivity contribution is 0.0605. The van der Waals surface area contributed by atoms with Gasteiger partial charge in [-0.3, -0.25) is 0 Å². The third-order valence-corrected chi connectivity index (χ3v) is 4.16. The molecule has 0 aliphatic carbocycles. The van der Waals surface area contributed by atoms with Crippen LogP contribution >= 0.6 is 27.3 Å². The number of carbonyl (C=O) groups excluding carboxylic acids is 1. The molecule has 0 aliphatic rings. The molecule has 2 aromatic rings. The minimum atomic E-state index is -0.408. The zero-order valence-corrected chi connectivity index (χ0v) is 12.1. The average molecular weight is 330 g/mol. The summed E-state index contributed by atoms with van der Waals surface area (Å²) in [6, 6.07) is 4.34. The van der Waals surface area contributed by atoms with Gasteiger partial charge in [0.15, 0.2) is 0 Å². The SMILES string of the molecule is COC(=O)c1sc(-c2ccc(F)cc2Br)nc1C. The van der Waals surface area contributed by atoms with E-state index in [0.29, 0.717) is 20.1 Å². The number of nitrogens with zero attached hydrogens (tertiary/aromatic N) is 1. The van der Waals surface area contributed by atoms with Crippen molar-refractivity contribution in [3.8, 4) is 10.6 Å². The van der Waals surface area contributed by atoms with E-state index in [1.165, 1.54) is 30.6 Å². The zero-order valence-electron chi connectivity index (χ0n) is 9.66. The molecule has 2 rings (SSSR count). The Morgan fingerprint density at radius 1 is 1.50 bits per heavy atom. The maximum atomic E-state index is 13.0. The number of hydrogen-bond donors (Lipinski definition) is 0. The smallest absolute Gasteiger partial charge is 0.349 e. The molecule has 0 amide bonds. The van der Waals surface area contributed by atoms with Gasteiger partial charge >= 0.3 is 5.97 Å². The van der Waals surface area contributed by atoms with Gasteiger partial charge in [0.2, 0.25) is 0 Å². The van der Waals surface area contributed by atoms with Crippen molar-refractivity contribution < 1.29 is 13.9 Å². The van der Waals surface area contributed by atoms with Gasteiger partial charge in [-0.25, -0.2) is 14.2 Å². The van der Waals surface area contributed by atoms with Crippen LogP contribution in [0, 0.1) is 12.7 Å². The molecule has 94 valence electrons. The number of esters is 1. The number of halogens is 2. The molecule has 3 nitrogen and oxygen atoms in total. The first kappa shape index (κ1) is 13.2. The molecule has 0 saturated heterocycles. The van der Waals surface area contributed by atoms with Crippen LogP contribution in [0.2, 0.25) is 0 Å². The number of hydrogen-bond acceptors (Lipinski definition) is 4. The molecule has 1 aromatic heterocycles. The van der Waals surface area contributed by atoms with E-state index in [9.17, 15) is 9.18 Å². The number of ether oxygens (including phenoxy) is 1. The van der Waals surface area contributed by atoms with Crippen LogP contribution in [0.4, 0.5) is 4.39 Å². The third kappa shape index (κ3) is 2.44. The summed E-state index contributed by atoms with van der Waals surface area (Å²) >= 11 is 4.51.